The SMILES string of the molecule is COc1cc2c(cc1F)[nH]c(=S)n2Cc1ccc(Cl)cc1. The van der Waals surface area contributed by atoms with E-state index in [9.17, 15) is 4.39 Å². The standard InChI is InChI=1S/C15H12ClFN2OS/c1-20-14-7-13-12(6-11(14)17)18-15(21)19(13)8-9-2-4-10(16)5-3-9/h2-7H,8H2,1H3,(H,18,21). The summed E-state index contributed by atoms with van der Waals surface area (Å²) in [7, 11) is 1.44. The van der Waals surface area contributed by atoms with Crippen molar-refractivity contribution in [2.24, 2.45) is 0 Å². The van der Waals surface area contributed by atoms with Gasteiger partial charge >= 0.3 is 0 Å². The van der Waals surface area contributed by atoms with Crippen molar-refractivity contribution < 1.29 is 9.13 Å². The molecule has 1 N–H and O–H groups in total. The highest BCUT2D eigenvalue weighted by atomic mass is 35.5. The van der Waals surface area contributed by atoms with E-state index in [2.05, 4.69) is 4.98 Å². The highest BCUT2D eigenvalue weighted by Crippen LogP contribution is 2.25. The number of imidazole rings is 1. The van der Waals surface area contributed by atoms with Gasteiger partial charge in [0.15, 0.2) is 16.3 Å². The Balaban J connectivity index is 2.11. The van der Waals surface area contributed by atoms with Gasteiger partial charge in [-0.15, -0.1) is 0 Å². The Morgan fingerprint density at radius 2 is 2.00 bits per heavy atom. The van der Waals surface area contributed by atoms with E-state index in [0.29, 0.717) is 21.9 Å². The van der Waals surface area contributed by atoms with Gasteiger partial charge in [-0.3, -0.25) is 0 Å². The summed E-state index contributed by atoms with van der Waals surface area (Å²) in [5, 5.41) is 0.685. The molecule has 0 aliphatic rings. The number of nitrogens with one attached hydrogen (secondary N) is 1. The van der Waals surface area contributed by atoms with E-state index in [0.717, 1.165) is 11.1 Å². The van der Waals surface area contributed by atoms with Crippen LogP contribution in [0.4, 0.5) is 4.39 Å². The number of hydrogen-bond donors (Lipinski definition) is 1. The molecule has 3 aromatic rings. The number of nitrogens with zero attached hydrogens (tertiary/aromatic N) is 1. The minimum absolute atomic E-state index is 0.196. The van der Waals surface area contributed by atoms with E-state index in [1.54, 1.807) is 6.07 Å². The van der Waals surface area contributed by atoms with Crippen LogP contribution >= 0.6 is 23.8 Å². The summed E-state index contributed by atoms with van der Waals surface area (Å²) in [6.45, 7) is 0.574. The van der Waals surface area contributed by atoms with Crippen molar-refractivity contribution in [2.75, 3.05) is 7.11 Å². The molecule has 0 aliphatic heterocycles. The van der Waals surface area contributed by atoms with Gasteiger partial charge < -0.3 is 14.3 Å². The van der Waals surface area contributed by atoms with Crippen LogP contribution < -0.4 is 4.74 Å². The molecule has 0 spiro atoms. The molecule has 21 heavy (non-hydrogen) atoms. The summed E-state index contributed by atoms with van der Waals surface area (Å²) in [6.07, 6.45) is 0. The van der Waals surface area contributed by atoms with Crippen molar-refractivity contribution in [3.63, 3.8) is 0 Å². The third kappa shape index (κ3) is 2.66. The quantitative estimate of drug-likeness (QED) is 0.717. The molecule has 0 atom stereocenters. The molecular weight excluding hydrogens is 311 g/mol. The van der Waals surface area contributed by atoms with Crippen LogP contribution in [0.3, 0.4) is 0 Å². The maximum absolute atomic E-state index is 13.7. The van der Waals surface area contributed by atoms with Crippen LogP contribution in [0.1, 0.15) is 5.56 Å². The number of rotatable bonds is 3. The van der Waals surface area contributed by atoms with Crippen molar-refractivity contribution in [1.82, 2.24) is 9.55 Å². The molecule has 3 rings (SSSR count). The van der Waals surface area contributed by atoms with Gasteiger partial charge in [0.2, 0.25) is 0 Å². The number of ether oxygens (including phenoxy) is 1. The number of fused-ring (bicyclic) bond motifs is 1. The van der Waals surface area contributed by atoms with Crippen LogP contribution in [0, 0.1) is 10.6 Å². The van der Waals surface area contributed by atoms with Gasteiger partial charge in [-0.1, -0.05) is 23.7 Å². The van der Waals surface area contributed by atoms with Crippen LogP contribution in [-0.4, -0.2) is 16.7 Å². The first kappa shape index (κ1) is 14.1. The topological polar surface area (TPSA) is 29.9 Å². The molecule has 108 valence electrons. The number of aromatic amines is 1. The number of methoxy groups -OCH3 is 1. The highest BCUT2D eigenvalue weighted by Gasteiger charge is 2.11. The Kier molecular flexibility index (Phi) is 3.69. The fraction of sp³-hybridized carbons (Fsp3) is 0.133. The Bertz CT molecular complexity index is 854. The number of aromatic nitrogens is 2. The molecule has 6 heteroatoms. The fourth-order valence-corrected chi connectivity index (χ4v) is 2.64. The van der Waals surface area contributed by atoms with Crippen LogP contribution in [0.5, 0.6) is 5.75 Å². The lowest BCUT2D eigenvalue weighted by atomic mass is 10.2. The van der Waals surface area contributed by atoms with E-state index >= 15 is 0 Å². The van der Waals surface area contributed by atoms with E-state index in [4.69, 9.17) is 28.6 Å². The molecule has 0 aliphatic carbocycles. The predicted octanol–water partition coefficient (Wildman–Crippen LogP) is 4.55. The summed E-state index contributed by atoms with van der Waals surface area (Å²) < 4.78 is 21.2. The average molecular weight is 323 g/mol. The fourth-order valence-electron chi connectivity index (χ4n) is 2.24. The van der Waals surface area contributed by atoms with Crippen molar-refractivity contribution in [1.29, 1.82) is 0 Å². The third-order valence-electron chi connectivity index (χ3n) is 3.30. The molecule has 0 saturated carbocycles. The molecule has 1 heterocycles. The second kappa shape index (κ2) is 5.50. The van der Waals surface area contributed by atoms with Gasteiger partial charge in [0.05, 0.1) is 24.7 Å². The van der Waals surface area contributed by atoms with Crippen LogP contribution in [0.2, 0.25) is 5.02 Å². The molecule has 0 fully saturated rings. The number of benzene rings is 2. The minimum Gasteiger partial charge on any atom is -0.494 e. The molecule has 0 radical (unpaired) electrons. The smallest absolute Gasteiger partial charge is 0.178 e. The first-order valence-electron chi connectivity index (χ1n) is 6.29. The Morgan fingerprint density at radius 1 is 1.29 bits per heavy atom. The van der Waals surface area contributed by atoms with Gasteiger partial charge in [0.1, 0.15) is 0 Å². The number of hydrogen-bond acceptors (Lipinski definition) is 2. The maximum atomic E-state index is 13.7. The first-order chi connectivity index (χ1) is 10.1. The third-order valence-corrected chi connectivity index (χ3v) is 3.88. The van der Waals surface area contributed by atoms with Crippen LogP contribution in [0.25, 0.3) is 11.0 Å². The van der Waals surface area contributed by atoms with E-state index in [1.165, 1.54) is 13.2 Å². The summed E-state index contributed by atoms with van der Waals surface area (Å²) in [5.41, 5.74) is 2.50. The number of H-pyrrole nitrogens is 1. The Morgan fingerprint density at radius 3 is 2.67 bits per heavy atom. The second-order valence-electron chi connectivity index (χ2n) is 4.65. The summed E-state index contributed by atoms with van der Waals surface area (Å²) in [4.78, 5) is 3.01. The second-order valence-corrected chi connectivity index (χ2v) is 5.47. The van der Waals surface area contributed by atoms with Gasteiger partial charge in [-0.2, -0.15) is 0 Å². The minimum atomic E-state index is -0.417. The lowest BCUT2D eigenvalue weighted by molar-refractivity contribution is 0.387. The van der Waals surface area contributed by atoms with E-state index < -0.39 is 5.82 Å². The van der Waals surface area contributed by atoms with Crippen LogP contribution in [0.15, 0.2) is 36.4 Å². The Labute approximate surface area is 130 Å². The average Bonchev–Trinajstić information content (AvgIpc) is 2.75. The van der Waals surface area contributed by atoms with Crippen molar-refractivity contribution >= 4 is 34.9 Å². The van der Waals surface area contributed by atoms with E-state index in [-0.39, 0.29) is 5.75 Å². The molecule has 3 nitrogen and oxygen atoms in total. The lowest BCUT2D eigenvalue weighted by Gasteiger charge is -2.07. The van der Waals surface area contributed by atoms with E-state index in [1.807, 2.05) is 28.8 Å². The lowest BCUT2D eigenvalue weighted by Crippen LogP contribution is -2.00. The molecule has 0 amide bonds. The van der Waals surface area contributed by atoms with Crippen LogP contribution in [-0.2, 0) is 6.54 Å². The molecule has 2 aromatic carbocycles. The largest absolute Gasteiger partial charge is 0.494 e. The molecule has 0 bridgehead atoms. The van der Waals surface area contributed by atoms with Crippen molar-refractivity contribution in [3.8, 4) is 5.75 Å². The zero-order chi connectivity index (χ0) is 15.0. The maximum Gasteiger partial charge on any atom is 0.178 e. The normalized spacial score (nSPS) is 11.0. The highest BCUT2D eigenvalue weighted by molar-refractivity contribution is 7.71. The first-order valence-corrected chi connectivity index (χ1v) is 7.07. The van der Waals surface area contributed by atoms with Gasteiger partial charge in [0, 0.05) is 17.2 Å². The zero-order valence-electron chi connectivity index (χ0n) is 11.2. The van der Waals surface area contributed by atoms with Gasteiger partial charge in [-0.05, 0) is 29.9 Å². The Hall–Kier alpha value is -1.85. The summed E-state index contributed by atoms with van der Waals surface area (Å²) in [6, 6.07) is 10.6. The van der Waals surface area contributed by atoms with Gasteiger partial charge in [0.25, 0.3) is 0 Å². The van der Waals surface area contributed by atoms with Crippen molar-refractivity contribution in [2.45, 2.75) is 6.54 Å². The molecule has 1 aromatic heterocycles. The molecule has 0 saturated heterocycles. The van der Waals surface area contributed by atoms with Crippen molar-refractivity contribution in [3.05, 3.63) is 57.6 Å². The summed E-state index contributed by atoms with van der Waals surface area (Å²) >= 11 is 11.2. The summed E-state index contributed by atoms with van der Waals surface area (Å²) in [5.74, 6) is -0.221. The zero-order valence-corrected chi connectivity index (χ0v) is 12.8. The molecule has 0 unspecified atom stereocenters. The van der Waals surface area contributed by atoms with Gasteiger partial charge in [-0.25, -0.2) is 4.39 Å². The number of halogens is 2. The predicted molar refractivity (Wildman–Crippen MR) is 84.2 cm³/mol. The molecular formula is C15H12ClFN2OS. The monoisotopic (exact) mass is 322 g/mol.